The van der Waals surface area contributed by atoms with Gasteiger partial charge in [0.15, 0.2) is 0 Å². The van der Waals surface area contributed by atoms with E-state index in [2.05, 4.69) is 31.0 Å². The quantitative estimate of drug-likeness (QED) is 0.0983. The van der Waals surface area contributed by atoms with Gasteiger partial charge < -0.3 is 35.6 Å². The van der Waals surface area contributed by atoms with E-state index in [1.54, 1.807) is 29.7 Å². The number of benzene rings is 2. The molecule has 4 atom stereocenters. The molecule has 5 amide bonds. The van der Waals surface area contributed by atoms with Gasteiger partial charge in [-0.2, -0.15) is 18.3 Å². The van der Waals surface area contributed by atoms with Crippen LogP contribution in [0.1, 0.15) is 106 Å². The predicted molar refractivity (Wildman–Crippen MR) is 260 cm³/mol. The minimum absolute atomic E-state index is 0.0203. The Kier molecular flexibility index (Phi) is 14.6. The van der Waals surface area contributed by atoms with E-state index in [-0.39, 0.29) is 66.0 Å². The van der Waals surface area contributed by atoms with E-state index in [0.717, 1.165) is 59.5 Å². The highest BCUT2D eigenvalue weighted by Gasteiger charge is 2.46. The van der Waals surface area contributed by atoms with Crippen LogP contribution >= 0.6 is 11.3 Å². The molecule has 2 aromatic carbocycles. The summed E-state index contributed by atoms with van der Waals surface area (Å²) in [5.74, 6) is -2.07. The number of hydrogen-bond donors (Lipinski definition) is 4. The molecule has 4 N–H and O–H groups in total. The molecule has 8 rings (SSSR count). The van der Waals surface area contributed by atoms with Crippen molar-refractivity contribution >= 4 is 57.5 Å². The Morgan fingerprint density at radius 1 is 0.958 bits per heavy atom. The molecule has 378 valence electrons. The molecule has 5 heterocycles. The third kappa shape index (κ3) is 11.4. The molecule has 2 aliphatic heterocycles. The molecular formula is C51H60F3N9O7S. The smallest absolute Gasteiger partial charge is 0.433 e. The molecule has 3 fully saturated rings. The summed E-state index contributed by atoms with van der Waals surface area (Å²) in [7, 11) is 1.38. The van der Waals surface area contributed by atoms with Crippen molar-refractivity contribution in [2.24, 2.45) is 16.7 Å². The number of alkyl halides is 3. The van der Waals surface area contributed by atoms with E-state index in [0.29, 0.717) is 36.8 Å². The molecular weight excluding hydrogens is 940 g/mol. The fourth-order valence-electron chi connectivity index (χ4n) is 10.1. The van der Waals surface area contributed by atoms with Gasteiger partial charge in [-0.1, -0.05) is 51.1 Å². The number of carbonyl (C=O) groups excluding carboxylic acids is 5. The number of halogens is 3. The second-order valence-electron chi connectivity index (χ2n) is 20.3. The van der Waals surface area contributed by atoms with E-state index in [1.807, 2.05) is 69.3 Å². The van der Waals surface area contributed by atoms with Gasteiger partial charge in [0.25, 0.3) is 5.91 Å². The van der Waals surface area contributed by atoms with Gasteiger partial charge in [-0.15, -0.1) is 11.3 Å². The number of piperidine rings is 1. The summed E-state index contributed by atoms with van der Waals surface area (Å²) >= 11 is 1.57. The van der Waals surface area contributed by atoms with Crippen molar-refractivity contribution in [3.63, 3.8) is 0 Å². The average molecular weight is 1000 g/mol. The first-order valence-corrected chi connectivity index (χ1v) is 24.8. The highest BCUT2D eigenvalue weighted by Crippen LogP contribution is 2.47. The van der Waals surface area contributed by atoms with Crippen molar-refractivity contribution in [3.8, 4) is 16.2 Å². The Morgan fingerprint density at radius 2 is 1.66 bits per heavy atom. The first kappa shape index (κ1) is 51.0. The molecule has 16 nitrogen and oxygen atoms in total. The number of hydrogen-bond acceptors (Lipinski definition) is 11. The first-order chi connectivity index (χ1) is 33.6. The molecule has 1 aliphatic carbocycles. The number of β-amino-alcohol motifs (C(OH)–C–C–N with tert-alkyl or cyclic N) is 1. The summed E-state index contributed by atoms with van der Waals surface area (Å²) in [5.41, 5.74) is 3.02. The molecule has 0 bridgehead atoms. The van der Waals surface area contributed by atoms with Crippen LogP contribution in [0.5, 0.6) is 5.75 Å². The molecule has 1 spiro atoms. The van der Waals surface area contributed by atoms with Crippen LogP contribution in [0, 0.1) is 23.7 Å². The zero-order valence-corrected chi connectivity index (χ0v) is 41.5. The third-order valence-electron chi connectivity index (χ3n) is 14.3. The average Bonchev–Trinajstić information content (AvgIpc) is 4.07. The Balaban J connectivity index is 0.826. The Labute approximate surface area is 413 Å². The maximum absolute atomic E-state index is 14.4. The SMILES string of the molecule is COc1cc2nn(CC(=O)N3CCC4(CCC(C(=O)N[C@H](C(=O)N5C[C@H](O)C[C@H]5C(=O)N[C@@H](C)c5ccc(-c6scnc6C)cc5)C(C)(C)C)CC4)CC3)cc2cc1NC(=O)c1cccc(C(F)(F)F)n1. The number of aliphatic hydroxyl groups is 1. The van der Waals surface area contributed by atoms with Crippen LogP contribution in [0.15, 0.2) is 66.3 Å². The molecule has 71 heavy (non-hydrogen) atoms. The lowest BCUT2D eigenvalue weighted by Gasteiger charge is -2.46. The number of rotatable bonds is 12. The van der Waals surface area contributed by atoms with Crippen molar-refractivity contribution in [3.05, 3.63) is 88.9 Å². The lowest BCUT2D eigenvalue weighted by atomic mass is 9.65. The zero-order chi connectivity index (χ0) is 51.0. The second-order valence-corrected chi connectivity index (χ2v) is 21.1. The molecule has 0 radical (unpaired) electrons. The number of likely N-dealkylation sites (tertiary alicyclic amines) is 2. The first-order valence-electron chi connectivity index (χ1n) is 23.9. The monoisotopic (exact) mass is 999 g/mol. The van der Waals surface area contributed by atoms with Gasteiger partial charge in [0.1, 0.15) is 35.8 Å². The molecule has 3 aromatic heterocycles. The minimum atomic E-state index is -4.72. The van der Waals surface area contributed by atoms with Crippen LogP contribution in [-0.4, -0.2) is 109 Å². The van der Waals surface area contributed by atoms with Gasteiger partial charge in [-0.25, -0.2) is 9.97 Å². The summed E-state index contributed by atoms with van der Waals surface area (Å²) < 4.78 is 46.6. The standard InChI is InChI=1S/C51H60F3N9O7S/c1-29(31-10-12-32(13-11-31)43-30(2)55-28-71-43)56-47(68)39-23-35(64)26-63(39)48(69)44(49(3,4)5)59-45(66)33-14-16-50(17-15-33)18-20-61(21-19-50)42(65)27-62-25-34-22-38(40(70-6)24-37(34)60-62)58-46(67)36-8-7-9-41(57-36)51(52,53)54/h7-13,22,24-25,28-29,33,35,39,44,64H,14-21,23,26-27H2,1-6H3,(H,56,68)(H,58,67)(H,59,66)/t29-,35+,39-,44+/m0/s1. The number of nitrogens with zero attached hydrogens (tertiary/aromatic N) is 6. The zero-order valence-electron chi connectivity index (χ0n) is 40.6. The fraction of sp³-hybridized carbons (Fsp3) is 0.490. The van der Waals surface area contributed by atoms with Gasteiger partial charge in [0.05, 0.1) is 46.5 Å². The van der Waals surface area contributed by atoms with E-state index < -0.39 is 53.0 Å². The normalized spacial score (nSPS) is 19.4. The van der Waals surface area contributed by atoms with Crippen molar-refractivity contribution in [1.29, 1.82) is 0 Å². The summed E-state index contributed by atoms with van der Waals surface area (Å²) in [5, 5.41) is 24.6. The van der Waals surface area contributed by atoms with Gasteiger partial charge in [0.2, 0.25) is 23.6 Å². The number of ether oxygens (including phenoxy) is 1. The number of carbonyl (C=O) groups is 5. The number of amides is 5. The van der Waals surface area contributed by atoms with Crippen molar-refractivity contribution < 1.29 is 47.0 Å². The van der Waals surface area contributed by atoms with E-state index in [9.17, 15) is 42.3 Å². The summed E-state index contributed by atoms with van der Waals surface area (Å²) in [6.45, 7) is 10.5. The number of anilines is 1. The van der Waals surface area contributed by atoms with Gasteiger partial charge in [-0.3, -0.25) is 28.7 Å². The summed E-state index contributed by atoms with van der Waals surface area (Å²) in [6.07, 6.45) is 0.520. The summed E-state index contributed by atoms with van der Waals surface area (Å²) in [4.78, 5) is 80.8. The number of aryl methyl sites for hydroxylation is 1. The van der Waals surface area contributed by atoms with E-state index >= 15 is 0 Å². The molecule has 5 aromatic rings. The van der Waals surface area contributed by atoms with Crippen LogP contribution in [0.25, 0.3) is 21.3 Å². The minimum Gasteiger partial charge on any atom is -0.494 e. The number of fused-ring (bicyclic) bond motifs is 1. The maximum atomic E-state index is 14.4. The second kappa shape index (κ2) is 20.4. The van der Waals surface area contributed by atoms with E-state index in [1.165, 1.54) is 22.8 Å². The Bertz CT molecular complexity index is 2790. The van der Waals surface area contributed by atoms with Crippen molar-refractivity contribution in [1.82, 2.24) is 40.2 Å². The molecule has 20 heteroatoms. The van der Waals surface area contributed by atoms with Crippen LogP contribution in [0.2, 0.25) is 0 Å². The summed E-state index contributed by atoms with van der Waals surface area (Å²) in [6, 6.07) is 11.9. The van der Waals surface area contributed by atoms with Crippen LogP contribution in [0.4, 0.5) is 18.9 Å². The number of aromatic nitrogens is 4. The van der Waals surface area contributed by atoms with Gasteiger partial charge in [0, 0.05) is 49.6 Å². The van der Waals surface area contributed by atoms with Crippen molar-refractivity contribution in [2.45, 2.75) is 117 Å². The molecule has 1 saturated carbocycles. The number of pyridine rings is 1. The van der Waals surface area contributed by atoms with Gasteiger partial charge >= 0.3 is 6.18 Å². The number of nitrogens with one attached hydrogen (secondary N) is 3. The molecule has 3 aliphatic rings. The highest BCUT2D eigenvalue weighted by atomic mass is 32.1. The number of methoxy groups -OCH3 is 1. The van der Waals surface area contributed by atoms with Gasteiger partial charge in [-0.05, 0) is 92.5 Å². The highest BCUT2D eigenvalue weighted by molar-refractivity contribution is 7.13. The van der Waals surface area contributed by atoms with E-state index in [4.69, 9.17) is 4.74 Å². The molecule has 0 unspecified atom stereocenters. The largest absolute Gasteiger partial charge is 0.494 e. The number of aliphatic hydroxyl groups excluding tert-OH is 1. The lowest BCUT2D eigenvalue weighted by molar-refractivity contribution is -0.145. The van der Waals surface area contributed by atoms with Crippen molar-refractivity contribution in [2.75, 3.05) is 32.1 Å². The number of thiazole rings is 1. The fourth-order valence-corrected chi connectivity index (χ4v) is 10.9. The Hall–Kier alpha value is -6.41. The third-order valence-corrected chi connectivity index (χ3v) is 15.3. The Morgan fingerprint density at radius 3 is 2.30 bits per heavy atom. The lowest BCUT2D eigenvalue weighted by Crippen LogP contribution is -2.58. The predicted octanol–water partition coefficient (Wildman–Crippen LogP) is 7.31. The van der Waals surface area contributed by atoms with Crippen LogP contribution < -0.4 is 20.7 Å². The van der Waals surface area contributed by atoms with Crippen LogP contribution in [0.3, 0.4) is 0 Å². The van der Waals surface area contributed by atoms with Crippen LogP contribution in [-0.2, 0) is 31.9 Å². The molecule has 2 saturated heterocycles. The maximum Gasteiger partial charge on any atom is 0.433 e. The topological polar surface area (TPSA) is 201 Å².